The summed E-state index contributed by atoms with van der Waals surface area (Å²) in [4.78, 5) is 6.45. The second kappa shape index (κ2) is 7.49. The van der Waals surface area contributed by atoms with E-state index >= 15 is 0 Å². The van der Waals surface area contributed by atoms with E-state index in [1.54, 1.807) is 18.2 Å². The molecule has 18 heavy (non-hydrogen) atoms. The van der Waals surface area contributed by atoms with Crippen LogP contribution >= 0.6 is 23.2 Å². The van der Waals surface area contributed by atoms with Gasteiger partial charge in [-0.25, -0.2) is 4.99 Å². The van der Waals surface area contributed by atoms with Gasteiger partial charge >= 0.3 is 0 Å². The molecule has 0 aliphatic carbocycles. The summed E-state index contributed by atoms with van der Waals surface area (Å²) in [5, 5.41) is 1.01. The van der Waals surface area contributed by atoms with E-state index in [0.29, 0.717) is 16.0 Å². The normalized spacial score (nSPS) is 11.7. The minimum Gasteiger partial charge on any atom is -0.369 e. The maximum atomic E-state index is 6.01. The number of hydrogen-bond donors (Lipinski definition) is 1. The molecule has 0 bridgehead atoms. The van der Waals surface area contributed by atoms with Crippen molar-refractivity contribution in [3.63, 3.8) is 0 Å². The molecular weight excluding hydrogens is 269 g/mol. The molecule has 0 spiro atoms. The molecule has 1 aromatic rings. The van der Waals surface area contributed by atoms with Crippen molar-refractivity contribution in [3.8, 4) is 0 Å². The zero-order valence-electron chi connectivity index (χ0n) is 10.8. The van der Waals surface area contributed by atoms with Crippen molar-refractivity contribution >= 4 is 34.8 Å². The predicted octanol–water partition coefficient (Wildman–Crippen LogP) is 4.06. The third kappa shape index (κ3) is 4.39. The molecule has 0 aliphatic rings. The summed E-state index contributed by atoms with van der Waals surface area (Å²) in [7, 11) is 0. The highest BCUT2D eigenvalue weighted by molar-refractivity contribution is 6.42. The lowest BCUT2D eigenvalue weighted by atomic mass is 10.3. The molecule has 0 amide bonds. The number of nitrogens with two attached hydrogens (primary N) is 1. The SMILES string of the molecule is CCCN(CCC)C(N)=Nc1ccc(Cl)c(Cl)c1. The molecular formula is C13H19Cl2N3. The molecule has 0 aliphatic heterocycles. The van der Waals surface area contributed by atoms with Crippen molar-refractivity contribution in [1.82, 2.24) is 4.90 Å². The van der Waals surface area contributed by atoms with Gasteiger partial charge < -0.3 is 10.6 Å². The smallest absolute Gasteiger partial charge is 0.196 e. The minimum atomic E-state index is 0.489. The largest absolute Gasteiger partial charge is 0.369 e. The molecule has 0 heterocycles. The maximum Gasteiger partial charge on any atom is 0.196 e. The summed E-state index contributed by atoms with van der Waals surface area (Å²) in [6.07, 6.45) is 2.08. The Kier molecular flexibility index (Phi) is 6.30. The van der Waals surface area contributed by atoms with Gasteiger partial charge in [-0.15, -0.1) is 0 Å². The van der Waals surface area contributed by atoms with Crippen LogP contribution in [0.25, 0.3) is 0 Å². The van der Waals surface area contributed by atoms with Crippen LogP contribution in [-0.2, 0) is 0 Å². The van der Waals surface area contributed by atoms with Crippen molar-refractivity contribution in [1.29, 1.82) is 0 Å². The molecule has 2 N–H and O–H groups in total. The number of guanidine groups is 1. The van der Waals surface area contributed by atoms with Gasteiger partial charge in [0.15, 0.2) is 5.96 Å². The first kappa shape index (κ1) is 15.1. The van der Waals surface area contributed by atoms with E-state index in [-0.39, 0.29) is 0 Å². The van der Waals surface area contributed by atoms with E-state index in [2.05, 4.69) is 23.7 Å². The fourth-order valence-electron chi connectivity index (χ4n) is 1.64. The van der Waals surface area contributed by atoms with Crippen LogP contribution in [0.15, 0.2) is 23.2 Å². The molecule has 0 unspecified atom stereocenters. The standard InChI is InChI=1S/C13H19Cl2N3/c1-3-7-18(8-4-2)13(16)17-10-5-6-11(14)12(15)9-10/h5-6,9H,3-4,7-8H2,1-2H3,(H2,16,17). The Balaban J connectivity index is 2.87. The van der Waals surface area contributed by atoms with Crippen molar-refractivity contribution in [2.75, 3.05) is 13.1 Å². The summed E-state index contributed by atoms with van der Waals surface area (Å²) in [5.41, 5.74) is 6.73. The Morgan fingerprint density at radius 3 is 2.28 bits per heavy atom. The third-order valence-electron chi connectivity index (χ3n) is 2.46. The zero-order valence-corrected chi connectivity index (χ0v) is 12.3. The number of nitrogens with zero attached hydrogens (tertiary/aromatic N) is 2. The first-order chi connectivity index (χ1) is 8.58. The van der Waals surface area contributed by atoms with E-state index in [0.717, 1.165) is 31.6 Å². The van der Waals surface area contributed by atoms with E-state index in [9.17, 15) is 0 Å². The van der Waals surface area contributed by atoms with Gasteiger partial charge in [0.1, 0.15) is 0 Å². The lowest BCUT2D eigenvalue weighted by Crippen LogP contribution is -2.38. The highest BCUT2D eigenvalue weighted by Crippen LogP contribution is 2.26. The molecule has 3 nitrogen and oxygen atoms in total. The molecule has 1 aromatic carbocycles. The first-order valence-corrected chi connectivity index (χ1v) is 6.88. The van der Waals surface area contributed by atoms with Crippen molar-refractivity contribution < 1.29 is 0 Å². The van der Waals surface area contributed by atoms with Gasteiger partial charge in [-0.2, -0.15) is 0 Å². The van der Waals surface area contributed by atoms with Gasteiger partial charge in [0.05, 0.1) is 15.7 Å². The molecule has 0 aromatic heterocycles. The van der Waals surface area contributed by atoms with Gasteiger partial charge in [-0.1, -0.05) is 37.0 Å². The molecule has 5 heteroatoms. The van der Waals surface area contributed by atoms with Crippen LogP contribution in [0, 0.1) is 0 Å². The molecule has 0 saturated heterocycles. The first-order valence-electron chi connectivity index (χ1n) is 6.12. The molecule has 0 fully saturated rings. The lowest BCUT2D eigenvalue weighted by molar-refractivity contribution is 0.412. The second-order valence-electron chi connectivity index (χ2n) is 4.06. The summed E-state index contributed by atoms with van der Waals surface area (Å²) in [6, 6.07) is 5.24. The predicted molar refractivity (Wildman–Crippen MR) is 79.9 cm³/mol. The Labute approximate surface area is 119 Å². The van der Waals surface area contributed by atoms with E-state index in [4.69, 9.17) is 28.9 Å². The number of rotatable bonds is 5. The van der Waals surface area contributed by atoms with Crippen LogP contribution in [0.2, 0.25) is 10.0 Å². The maximum absolute atomic E-state index is 6.01. The lowest BCUT2D eigenvalue weighted by Gasteiger charge is -2.22. The molecule has 0 saturated carbocycles. The van der Waals surface area contributed by atoms with Crippen LogP contribution in [-0.4, -0.2) is 23.9 Å². The molecule has 100 valence electrons. The Morgan fingerprint density at radius 1 is 1.17 bits per heavy atom. The number of aliphatic imine (C=N–C) groups is 1. The van der Waals surface area contributed by atoms with Crippen molar-refractivity contribution in [2.24, 2.45) is 10.7 Å². The third-order valence-corrected chi connectivity index (χ3v) is 3.20. The summed E-state index contributed by atoms with van der Waals surface area (Å²) in [5.74, 6) is 0.525. The van der Waals surface area contributed by atoms with Crippen LogP contribution in [0.5, 0.6) is 0 Å². The average molecular weight is 288 g/mol. The molecule has 0 radical (unpaired) electrons. The second-order valence-corrected chi connectivity index (χ2v) is 4.87. The quantitative estimate of drug-likeness (QED) is 0.655. The zero-order chi connectivity index (χ0) is 13.5. The number of benzene rings is 1. The summed E-state index contributed by atoms with van der Waals surface area (Å²) in [6.45, 7) is 6.05. The van der Waals surface area contributed by atoms with Crippen LogP contribution in [0.4, 0.5) is 5.69 Å². The van der Waals surface area contributed by atoms with Gasteiger partial charge in [-0.05, 0) is 31.0 Å². The van der Waals surface area contributed by atoms with Crippen LogP contribution in [0.1, 0.15) is 26.7 Å². The van der Waals surface area contributed by atoms with Crippen molar-refractivity contribution in [3.05, 3.63) is 28.2 Å². The van der Waals surface area contributed by atoms with Gasteiger partial charge in [-0.3, -0.25) is 0 Å². The average Bonchev–Trinajstić information content (AvgIpc) is 2.33. The van der Waals surface area contributed by atoms with Crippen molar-refractivity contribution in [2.45, 2.75) is 26.7 Å². The topological polar surface area (TPSA) is 41.6 Å². The Bertz CT molecular complexity index is 413. The van der Waals surface area contributed by atoms with E-state index in [1.165, 1.54) is 0 Å². The monoisotopic (exact) mass is 287 g/mol. The van der Waals surface area contributed by atoms with Crippen LogP contribution < -0.4 is 5.73 Å². The Morgan fingerprint density at radius 2 is 1.78 bits per heavy atom. The number of hydrogen-bond acceptors (Lipinski definition) is 1. The minimum absolute atomic E-state index is 0.489. The van der Waals surface area contributed by atoms with Crippen LogP contribution in [0.3, 0.4) is 0 Å². The molecule has 0 atom stereocenters. The fourth-order valence-corrected chi connectivity index (χ4v) is 1.93. The summed E-state index contributed by atoms with van der Waals surface area (Å²) >= 11 is 11.8. The Hall–Kier alpha value is -0.930. The van der Waals surface area contributed by atoms with Gasteiger partial charge in [0, 0.05) is 13.1 Å². The van der Waals surface area contributed by atoms with E-state index in [1.807, 2.05) is 0 Å². The highest BCUT2D eigenvalue weighted by Gasteiger charge is 2.06. The molecule has 1 rings (SSSR count). The number of halogens is 2. The highest BCUT2D eigenvalue weighted by atomic mass is 35.5. The van der Waals surface area contributed by atoms with E-state index < -0.39 is 0 Å². The van der Waals surface area contributed by atoms with Gasteiger partial charge in [0.25, 0.3) is 0 Å². The fraction of sp³-hybridized carbons (Fsp3) is 0.462. The van der Waals surface area contributed by atoms with Gasteiger partial charge in [0.2, 0.25) is 0 Å². The summed E-state index contributed by atoms with van der Waals surface area (Å²) < 4.78 is 0.